The standard InChI is InChI=1S/C18H21NO2/c1-14(18(21)16-9-11-17(20)12-10-16)19-13-5-8-15-6-3-2-4-7-15/h2-12,14,18-21H,13H2,1H3/b8-5+. The summed E-state index contributed by atoms with van der Waals surface area (Å²) in [5, 5.41) is 22.7. The number of phenolic OH excluding ortho intramolecular Hbond substituents is 1. The summed E-state index contributed by atoms with van der Waals surface area (Å²) in [6.45, 7) is 2.62. The van der Waals surface area contributed by atoms with Crippen LogP contribution in [-0.4, -0.2) is 22.8 Å². The summed E-state index contributed by atoms with van der Waals surface area (Å²) in [5.74, 6) is 0.206. The third kappa shape index (κ3) is 4.74. The zero-order valence-corrected chi connectivity index (χ0v) is 12.1. The fraction of sp³-hybridized carbons (Fsp3) is 0.222. The van der Waals surface area contributed by atoms with E-state index in [0.29, 0.717) is 6.54 Å². The van der Waals surface area contributed by atoms with Crippen molar-refractivity contribution in [2.24, 2.45) is 0 Å². The van der Waals surface area contributed by atoms with Crippen molar-refractivity contribution in [2.45, 2.75) is 19.1 Å². The lowest BCUT2D eigenvalue weighted by molar-refractivity contribution is 0.138. The van der Waals surface area contributed by atoms with E-state index >= 15 is 0 Å². The van der Waals surface area contributed by atoms with Crippen LogP contribution in [0.1, 0.15) is 24.2 Å². The van der Waals surface area contributed by atoms with Gasteiger partial charge in [-0.25, -0.2) is 0 Å². The van der Waals surface area contributed by atoms with Gasteiger partial charge in [0, 0.05) is 12.6 Å². The zero-order chi connectivity index (χ0) is 15.1. The number of aliphatic hydroxyl groups excluding tert-OH is 1. The zero-order valence-electron chi connectivity index (χ0n) is 12.1. The average Bonchev–Trinajstić information content (AvgIpc) is 2.52. The van der Waals surface area contributed by atoms with Crippen LogP contribution >= 0.6 is 0 Å². The summed E-state index contributed by atoms with van der Waals surface area (Å²) < 4.78 is 0. The molecule has 2 unspecified atom stereocenters. The van der Waals surface area contributed by atoms with Gasteiger partial charge in [-0.1, -0.05) is 54.6 Å². The Morgan fingerprint density at radius 3 is 2.38 bits per heavy atom. The maximum Gasteiger partial charge on any atom is 0.115 e. The van der Waals surface area contributed by atoms with Crippen molar-refractivity contribution >= 4 is 6.08 Å². The van der Waals surface area contributed by atoms with Crippen LogP contribution in [0, 0.1) is 0 Å². The SMILES string of the molecule is CC(NC/C=C/c1ccccc1)C(O)c1ccc(O)cc1. The summed E-state index contributed by atoms with van der Waals surface area (Å²) >= 11 is 0. The molecule has 3 N–H and O–H groups in total. The number of aliphatic hydroxyl groups is 1. The molecule has 21 heavy (non-hydrogen) atoms. The molecule has 0 aromatic heterocycles. The second-order valence-corrected chi connectivity index (χ2v) is 5.05. The van der Waals surface area contributed by atoms with Crippen molar-refractivity contribution in [1.82, 2.24) is 5.32 Å². The van der Waals surface area contributed by atoms with Crippen LogP contribution in [0.2, 0.25) is 0 Å². The number of hydrogen-bond donors (Lipinski definition) is 3. The third-order valence-corrected chi connectivity index (χ3v) is 3.38. The predicted molar refractivity (Wildman–Crippen MR) is 86.0 cm³/mol. The van der Waals surface area contributed by atoms with Crippen LogP contribution in [0.5, 0.6) is 5.75 Å². The number of aromatic hydroxyl groups is 1. The van der Waals surface area contributed by atoms with Gasteiger partial charge in [0.2, 0.25) is 0 Å². The summed E-state index contributed by atoms with van der Waals surface area (Å²) in [6, 6.07) is 16.7. The van der Waals surface area contributed by atoms with Gasteiger partial charge in [-0.05, 0) is 30.2 Å². The molecule has 0 spiro atoms. The highest BCUT2D eigenvalue weighted by Gasteiger charge is 2.14. The normalized spacial score (nSPS) is 14.2. The maximum absolute atomic E-state index is 10.2. The maximum atomic E-state index is 10.2. The Kier molecular flexibility index (Phi) is 5.55. The first-order chi connectivity index (χ1) is 10.2. The van der Waals surface area contributed by atoms with Crippen LogP contribution in [0.4, 0.5) is 0 Å². The van der Waals surface area contributed by atoms with Crippen LogP contribution < -0.4 is 5.32 Å². The lowest BCUT2D eigenvalue weighted by Gasteiger charge is -2.20. The van der Waals surface area contributed by atoms with E-state index in [-0.39, 0.29) is 11.8 Å². The fourth-order valence-electron chi connectivity index (χ4n) is 2.08. The first-order valence-corrected chi connectivity index (χ1v) is 7.09. The molecule has 0 aliphatic rings. The van der Waals surface area contributed by atoms with E-state index in [4.69, 9.17) is 0 Å². The van der Waals surface area contributed by atoms with Crippen molar-refractivity contribution in [3.63, 3.8) is 0 Å². The van der Waals surface area contributed by atoms with E-state index in [1.54, 1.807) is 24.3 Å². The lowest BCUT2D eigenvalue weighted by Crippen LogP contribution is -2.32. The molecule has 2 atom stereocenters. The van der Waals surface area contributed by atoms with E-state index in [9.17, 15) is 10.2 Å². The molecule has 0 fully saturated rings. The molecule has 2 aromatic rings. The van der Waals surface area contributed by atoms with Gasteiger partial charge in [0.1, 0.15) is 5.75 Å². The van der Waals surface area contributed by atoms with Gasteiger partial charge in [0.25, 0.3) is 0 Å². The Balaban J connectivity index is 1.82. The summed E-state index contributed by atoms with van der Waals surface area (Å²) in [5.41, 5.74) is 1.95. The Hall–Kier alpha value is -2.10. The average molecular weight is 283 g/mol. The second-order valence-electron chi connectivity index (χ2n) is 5.05. The van der Waals surface area contributed by atoms with Gasteiger partial charge in [0.15, 0.2) is 0 Å². The van der Waals surface area contributed by atoms with Crippen LogP contribution in [-0.2, 0) is 0 Å². The highest BCUT2D eigenvalue weighted by atomic mass is 16.3. The van der Waals surface area contributed by atoms with Gasteiger partial charge >= 0.3 is 0 Å². The molecule has 110 valence electrons. The van der Waals surface area contributed by atoms with E-state index in [0.717, 1.165) is 11.1 Å². The predicted octanol–water partition coefficient (Wildman–Crippen LogP) is 3.12. The highest BCUT2D eigenvalue weighted by Crippen LogP contribution is 2.19. The minimum absolute atomic E-state index is 0.0741. The number of nitrogens with one attached hydrogen (secondary N) is 1. The second kappa shape index (κ2) is 7.62. The molecule has 3 nitrogen and oxygen atoms in total. The van der Waals surface area contributed by atoms with Gasteiger partial charge in [0.05, 0.1) is 6.10 Å². The number of benzene rings is 2. The number of rotatable bonds is 6. The van der Waals surface area contributed by atoms with Crippen molar-refractivity contribution < 1.29 is 10.2 Å². The summed E-state index contributed by atoms with van der Waals surface area (Å²) in [4.78, 5) is 0. The lowest BCUT2D eigenvalue weighted by atomic mass is 10.0. The Morgan fingerprint density at radius 2 is 1.71 bits per heavy atom. The number of hydrogen-bond acceptors (Lipinski definition) is 3. The van der Waals surface area contributed by atoms with E-state index < -0.39 is 6.10 Å². The first-order valence-electron chi connectivity index (χ1n) is 7.09. The van der Waals surface area contributed by atoms with Crippen LogP contribution in [0.3, 0.4) is 0 Å². The largest absolute Gasteiger partial charge is 0.508 e. The minimum Gasteiger partial charge on any atom is -0.508 e. The molecular weight excluding hydrogens is 262 g/mol. The minimum atomic E-state index is -0.601. The Bertz CT molecular complexity index is 564. The smallest absolute Gasteiger partial charge is 0.115 e. The Labute approximate surface area is 125 Å². The van der Waals surface area contributed by atoms with Crippen LogP contribution in [0.15, 0.2) is 60.7 Å². The first kappa shape index (κ1) is 15.3. The van der Waals surface area contributed by atoms with Crippen LogP contribution in [0.25, 0.3) is 6.08 Å². The van der Waals surface area contributed by atoms with E-state index in [1.165, 1.54) is 0 Å². The number of phenols is 1. The third-order valence-electron chi connectivity index (χ3n) is 3.38. The molecule has 0 radical (unpaired) electrons. The Morgan fingerprint density at radius 1 is 1.05 bits per heavy atom. The van der Waals surface area contributed by atoms with Gasteiger partial charge in [-0.3, -0.25) is 0 Å². The monoisotopic (exact) mass is 283 g/mol. The molecule has 0 amide bonds. The molecular formula is C18H21NO2. The molecule has 0 aliphatic carbocycles. The molecule has 2 rings (SSSR count). The fourth-order valence-corrected chi connectivity index (χ4v) is 2.08. The van der Waals surface area contributed by atoms with Gasteiger partial charge < -0.3 is 15.5 Å². The summed E-state index contributed by atoms with van der Waals surface area (Å²) in [6.07, 6.45) is 3.48. The summed E-state index contributed by atoms with van der Waals surface area (Å²) in [7, 11) is 0. The molecule has 0 heterocycles. The molecule has 2 aromatic carbocycles. The van der Waals surface area contributed by atoms with Crippen molar-refractivity contribution in [3.8, 4) is 5.75 Å². The highest BCUT2D eigenvalue weighted by molar-refractivity contribution is 5.48. The van der Waals surface area contributed by atoms with E-state index in [2.05, 4.69) is 5.32 Å². The molecule has 0 bridgehead atoms. The molecule has 0 aliphatic heterocycles. The molecule has 0 saturated heterocycles. The quantitative estimate of drug-likeness (QED) is 0.763. The molecule has 3 heteroatoms. The van der Waals surface area contributed by atoms with Crippen molar-refractivity contribution in [2.75, 3.05) is 6.54 Å². The van der Waals surface area contributed by atoms with Crippen molar-refractivity contribution in [3.05, 3.63) is 71.8 Å². The van der Waals surface area contributed by atoms with Crippen molar-refractivity contribution in [1.29, 1.82) is 0 Å². The topological polar surface area (TPSA) is 52.5 Å². The van der Waals surface area contributed by atoms with Gasteiger partial charge in [-0.2, -0.15) is 0 Å². The van der Waals surface area contributed by atoms with E-state index in [1.807, 2.05) is 49.4 Å². The molecule has 0 saturated carbocycles. The van der Waals surface area contributed by atoms with Gasteiger partial charge in [-0.15, -0.1) is 0 Å².